The van der Waals surface area contributed by atoms with E-state index in [9.17, 15) is 9.59 Å². The molecule has 0 bridgehead atoms. The van der Waals surface area contributed by atoms with Gasteiger partial charge in [-0.2, -0.15) is 0 Å². The maximum absolute atomic E-state index is 13.4. The van der Waals surface area contributed by atoms with Gasteiger partial charge in [0.15, 0.2) is 5.82 Å². The van der Waals surface area contributed by atoms with Gasteiger partial charge < -0.3 is 19.6 Å². The fourth-order valence-electron chi connectivity index (χ4n) is 3.49. The number of fused-ring (bicyclic) bond motifs is 1. The molecule has 0 spiro atoms. The molecule has 2 N–H and O–H groups in total. The van der Waals surface area contributed by atoms with Crippen molar-refractivity contribution in [1.29, 1.82) is 0 Å². The van der Waals surface area contributed by atoms with Crippen LogP contribution in [0.15, 0.2) is 42.7 Å². The molecule has 1 aromatic carbocycles. The van der Waals surface area contributed by atoms with E-state index < -0.39 is 11.7 Å². The first-order valence-electron chi connectivity index (χ1n) is 9.84. The minimum absolute atomic E-state index is 0.256. The van der Waals surface area contributed by atoms with Gasteiger partial charge >= 0.3 is 6.09 Å². The maximum Gasteiger partial charge on any atom is 0.417 e. The molecule has 0 saturated heterocycles. The predicted molar refractivity (Wildman–Crippen MR) is 114 cm³/mol. The summed E-state index contributed by atoms with van der Waals surface area (Å²) in [7, 11) is 1.89. The van der Waals surface area contributed by atoms with Gasteiger partial charge in [-0.3, -0.25) is 4.79 Å². The largest absolute Gasteiger partial charge is 0.443 e. The number of carbonyl (C=O) groups excluding carboxylic acids is 2. The van der Waals surface area contributed by atoms with Gasteiger partial charge in [-0.1, -0.05) is 18.2 Å². The summed E-state index contributed by atoms with van der Waals surface area (Å²) >= 11 is 0. The molecule has 1 aliphatic heterocycles. The average molecular weight is 407 g/mol. The first kappa shape index (κ1) is 19.8. The van der Waals surface area contributed by atoms with E-state index in [4.69, 9.17) is 4.74 Å². The van der Waals surface area contributed by atoms with Crippen LogP contribution in [0.1, 0.15) is 36.8 Å². The zero-order valence-electron chi connectivity index (χ0n) is 17.5. The molecule has 3 heterocycles. The molecule has 2 aromatic heterocycles. The number of imide groups is 1. The van der Waals surface area contributed by atoms with E-state index in [2.05, 4.69) is 15.3 Å². The molecule has 2 amide bonds. The highest BCUT2D eigenvalue weighted by molar-refractivity contribution is 6.10. The highest BCUT2D eigenvalue weighted by Crippen LogP contribution is 2.37. The summed E-state index contributed by atoms with van der Waals surface area (Å²) in [5.74, 6) is 0.306. The highest BCUT2D eigenvalue weighted by Gasteiger charge is 2.37. The van der Waals surface area contributed by atoms with E-state index in [0.29, 0.717) is 29.2 Å². The van der Waals surface area contributed by atoms with Crippen LogP contribution < -0.4 is 5.32 Å². The van der Waals surface area contributed by atoms with Crippen molar-refractivity contribution in [3.8, 4) is 11.5 Å². The Morgan fingerprint density at radius 1 is 1.23 bits per heavy atom. The number of rotatable bonds is 3. The Bertz CT molecular complexity index is 1090. The van der Waals surface area contributed by atoms with Crippen molar-refractivity contribution in [1.82, 2.24) is 19.4 Å². The Morgan fingerprint density at radius 2 is 1.97 bits per heavy atom. The minimum atomic E-state index is -0.682. The van der Waals surface area contributed by atoms with Crippen molar-refractivity contribution in [3.05, 3.63) is 54.0 Å². The van der Waals surface area contributed by atoms with Gasteiger partial charge in [0.1, 0.15) is 11.3 Å². The highest BCUT2D eigenvalue weighted by atomic mass is 16.6. The second kappa shape index (κ2) is 7.37. The summed E-state index contributed by atoms with van der Waals surface area (Å²) in [5.41, 5.74) is 2.67. The van der Waals surface area contributed by atoms with Crippen LogP contribution in [0.3, 0.4) is 0 Å². The lowest BCUT2D eigenvalue weighted by molar-refractivity contribution is 0.0233. The van der Waals surface area contributed by atoms with Crippen molar-refractivity contribution in [2.45, 2.75) is 32.8 Å². The van der Waals surface area contributed by atoms with Gasteiger partial charge in [-0.15, -0.1) is 0 Å². The molecule has 0 aliphatic carbocycles. The van der Waals surface area contributed by atoms with Crippen LogP contribution >= 0.6 is 0 Å². The molecule has 4 rings (SSSR count). The number of hydrogen-bond acceptors (Lipinski definition) is 5. The third kappa shape index (κ3) is 3.68. The van der Waals surface area contributed by atoms with E-state index >= 15 is 0 Å². The third-order valence-corrected chi connectivity index (χ3v) is 4.82. The number of H-pyrrole nitrogens is 1. The molecule has 1 aliphatic rings. The molecule has 156 valence electrons. The molecular weight excluding hydrogens is 382 g/mol. The van der Waals surface area contributed by atoms with Crippen LogP contribution in [-0.4, -0.2) is 43.6 Å². The molecule has 0 fully saturated rings. The van der Waals surface area contributed by atoms with E-state index in [-0.39, 0.29) is 12.5 Å². The van der Waals surface area contributed by atoms with Gasteiger partial charge in [0.2, 0.25) is 0 Å². The van der Waals surface area contributed by atoms with Crippen LogP contribution in [-0.2, 0) is 18.2 Å². The van der Waals surface area contributed by atoms with Gasteiger partial charge in [0.05, 0.1) is 11.3 Å². The molecule has 0 saturated carbocycles. The fourth-order valence-corrected chi connectivity index (χ4v) is 3.49. The number of ether oxygens (including phenoxy) is 1. The Balaban J connectivity index is 1.79. The van der Waals surface area contributed by atoms with Gasteiger partial charge in [-0.05, 0) is 32.9 Å². The number of benzene rings is 1. The lowest BCUT2D eigenvalue weighted by atomic mass is 10.1. The quantitative estimate of drug-likeness (QED) is 0.682. The van der Waals surface area contributed by atoms with Crippen molar-refractivity contribution in [2.24, 2.45) is 7.05 Å². The number of imidazole rings is 1. The zero-order valence-corrected chi connectivity index (χ0v) is 17.5. The second-order valence-electron chi connectivity index (χ2n) is 8.27. The Morgan fingerprint density at radius 3 is 2.60 bits per heavy atom. The lowest BCUT2D eigenvalue weighted by Crippen LogP contribution is -2.44. The number of nitrogens with one attached hydrogen (secondary N) is 2. The van der Waals surface area contributed by atoms with E-state index in [1.807, 2.05) is 48.1 Å². The Labute approximate surface area is 174 Å². The molecule has 0 radical (unpaired) electrons. The monoisotopic (exact) mass is 407 g/mol. The summed E-state index contributed by atoms with van der Waals surface area (Å²) in [6, 6.07) is 9.58. The first-order valence-corrected chi connectivity index (χ1v) is 9.84. The number of aromatic amines is 1. The smallest absolute Gasteiger partial charge is 0.417 e. The predicted octanol–water partition coefficient (Wildman–Crippen LogP) is 4.09. The van der Waals surface area contributed by atoms with E-state index in [1.54, 1.807) is 27.0 Å². The number of carbonyl (C=O) groups is 2. The molecule has 3 aromatic rings. The first-order chi connectivity index (χ1) is 14.2. The molecule has 8 nitrogen and oxygen atoms in total. The maximum atomic E-state index is 13.4. The van der Waals surface area contributed by atoms with Gasteiger partial charge in [0, 0.05) is 43.8 Å². The molecule has 0 atom stereocenters. The van der Waals surface area contributed by atoms with E-state index in [1.165, 1.54) is 4.90 Å². The summed E-state index contributed by atoms with van der Waals surface area (Å²) in [4.78, 5) is 34.9. The SMILES string of the molecule is Cn1ccnc1-c1[nH]c2c(c1Nc1ccccc1)C(=O)N(C(=O)OC(C)(C)C)CC2. The number of hydrogen-bond donors (Lipinski definition) is 2. The molecular formula is C22H25N5O3. The standard InChI is InChI=1S/C22H25N5O3/c1-22(2,3)30-21(29)27-12-10-15-16(20(27)28)17(24-14-8-6-5-7-9-14)18(25-15)19-23-11-13-26(19)4/h5-9,11,13,24-25H,10,12H2,1-4H3. The number of aromatic nitrogens is 3. The second-order valence-corrected chi connectivity index (χ2v) is 8.27. The van der Waals surface area contributed by atoms with Crippen LogP contribution in [0.4, 0.5) is 16.2 Å². The van der Waals surface area contributed by atoms with Crippen molar-refractivity contribution < 1.29 is 14.3 Å². The molecule has 8 heteroatoms. The number of nitrogens with zero attached hydrogens (tertiary/aromatic N) is 3. The topological polar surface area (TPSA) is 92.3 Å². The fraction of sp³-hybridized carbons (Fsp3) is 0.318. The van der Waals surface area contributed by atoms with Crippen LogP contribution in [0.25, 0.3) is 11.5 Å². The summed E-state index contributed by atoms with van der Waals surface area (Å²) in [5, 5.41) is 3.35. The number of para-hydroxylation sites is 1. The van der Waals surface area contributed by atoms with Crippen molar-refractivity contribution in [3.63, 3.8) is 0 Å². The summed E-state index contributed by atoms with van der Waals surface area (Å²) in [6.45, 7) is 5.60. The number of anilines is 2. The number of aryl methyl sites for hydroxylation is 1. The zero-order chi connectivity index (χ0) is 21.5. The summed E-state index contributed by atoms with van der Waals surface area (Å²) in [6.07, 6.45) is 3.42. The Hall–Kier alpha value is -3.55. The third-order valence-electron chi connectivity index (χ3n) is 4.82. The minimum Gasteiger partial charge on any atom is -0.443 e. The van der Waals surface area contributed by atoms with Crippen molar-refractivity contribution >= 4 is 23.4 Å². The number of amides is 2. The summed E-state index contributed by atoms with van der Waals surface area (Å²) < 4.78 is 7.32. The van der Waals surface area contributed by atoms with E-state index in [0.717, 1.165) is 11.4 Å². The van der Waals surface area contributed by atoms with Gasteiger partial charge in [-0.25, -0.2) is 14.7 Å². The lowest BCUT2D eigenvalue weighted by Gasteiger charge is -2.29. The molecule has 0 unspecified atom stereocenters. The normalized spacial score (nSPS) is 13.9. The molecule has 30 heavy (non-hydrogen) atoms. The Kier molecular flexibility index (Phi) is 4.85. The van der Waals surface area contributed by atoms with Gasteiger partial charge in [0.25, 0.3) is 5.91 Å². The van der Waals surface area contributed by atoms with Crippen LogP contribution in [0, 0.1) is 0 Å². The van der Waals surface area contributed by atoms with Crippen molar-refractivity contribution in [2.75, 3.05) is 11.9 Å². The average Bonchev–Trinajstić information content (AvgIpc) is 3.25. The van der Waals surface area contributed by atoms with Crippen LogP contribution in [0.5, 0.6) is 0 Å². The van der Waals surface area contributed by atoms with Crippen LogP contribution in [0.2, 0.25) is 0 Å².